The molecule has 0 fully saturated rings. The highest BCUT2D eigenvalue weighted by molar-refractivity contribution is 9.10. The summed E-state index contributed by atoms with van der Waals surface area (Å²) in [6.07, 6.45) is 4.47. The fourth-order valence-electron chi connectivity index (χ4n) is 3.35. The Hall–Kier alpha value is -1.16. The number of benzene rings is 2. The van der Waals surface area contributed by atoms with Crippen molar-refractivity contribution in [3.63, 3.8) is 0 Å². The van der Waals surface area contributed by atoms with E-state index >= 15 is 0 Å². The monoisotopic (exact) mass is 344 g/mol. The SMILES string of the molecule is NNC(Cc1cccc(Br)c1)C1CCc2ccccc2C1. The quantitative estimate of drug-likeness (QED) is 0.656. The largest absolute Gasteiger partial charge is 0.271 e. The van der Waals surface area contributed by atoms with Gasteiger partial charge < -0.3 is 0 Å². The number of nitrogens with two attached hydrogens (primary N) is 1. The number of fused-ring (bicyclic) bond motifs is 1. The zero-order valence-corrected chi connectivity index (χ0v) is 13.6. The molecule has 2 atom stereocenters. The molecular weight excluding hydrogens is 324 g/mol. The predicted octanol–water partition coefficient (Wildman–Crippen LogP) is 3.63. The minimum atomic E-state index is 0.327. The summed E-state index contributed by atoms with van der Waals surface area (Å²) < 4.78 is 1.13. The second-order valence-corrected chi connectivity index (χ2v) is 6.79. The summed E-state index contributed by atoms with van der Waals surface area (Å²) in [5.74, 6) is 6.45. The van der Waals surface area contributed by atoms with Gasteiger partial charge in [0.25, 0.3) is 0 Å². The molecule has 0 saturated heterocycles. The van der Waals surface area contributed by atoms with Gasteiger partial charge in [0.15, 0.2) is 0 Å². The van der Waals surface area contributed by atoms with Gasteiger partial charge in [0.2, 0.25) is 0 Å². The van der Waals surface area contributed by atoms with E-state index < -0.39 is 0 Å². The summed E-state index contributed by atoms with van der Waals surface area (Å²) in [7, 11) is 0. The van der Waals surface area contributed by atoms with Gasteiger partial charge in [0, 0.05) is 10.5 Å². The molecule has 0 heterocycles. The van der Waals surface area contributed by atoms with Crippen molar-refractivity contribution >= 4 is 15.9 Å². The van der Waals surface area contributed by atoms with Crippen LogP contribution in [0.25, 0.3) is 0 Å². The normalized spacial score (nSPS) is 19.0. The van der Waals surface area contributed by atoms with E-state index in [1.54, 1.807) is 0 Å². The summed E-state index contributed by atoms with van der Waals surface area (Å²) in [4.78, 5) is 0. The smallest absolute Gasteiger partial charge is 0.0282 e. The molecule has 0 saturated carbocycles. The maximum atomic E-state index is 5.85. The molecule has 0 bridgehead atoms. The Labute approximate surface area is 134 Å². The van der Waals surface area contributed by atoms with Crippen molar-refractivity contribution in [2.45, 2.75) is 31.7 Å². The highest BCUT2D eigenvalue weighted by atomic mass is 79.9. The number of aryl methyl sites for hydroxylation is 1. The number of nitrogens with one attached hydrogen (secondary N) is 1. The van der Waals surface area contributed by atoms with Crippen LogP contribution >= 0.6 is 15.9 Å². The third kappa shape index (κ3) is 3.54. The summed E-state index contributed by atoms with van der Waals surface area (Å²) >= 11 is 3.54. The molecule has 2 nitrogen and oxygen atoms in total. The molecule has 0 amide bonds. The average Bonchev–Trinajstić information content (AvgIpc) is 2.52. The lowest BCUT2D eigenvalue weighted by Gasteiger charge is -2.31. The summed E-state index contributed by atoms with van der Waals surface area (Å²) in [5.41, 5.74) is 7.38. The molecule has 3 rings (SSSR count). The topological polar surface area (TPSA) is 38.0 Å². The molecule has 0 spiro atoms. The van der Waals surface area contributed by atoms with Gasteiger partial charge in [-0.2, -0.15) is 0 Å². The Morgan fingerprint density at radius 2 is 1.95 bits per heavy atom. The van der Waals surface area contributed by atoms with Gasteiger partial charge in [0.05, 0.1) is 0 Å². The van der Waals surface area contributed by atoms with Crippen molar-refractivity contribution in [1.82, 2.24) is 5.43 Å². The number of hydrogen-bond donors (Lipinski definition) is 2. The summed E-state index contributed by atoms with van der Waals surface area (Å²) in [6.45, 7) is 0. The lowest BCUT2D eigenvalue weighted by molar-refractivity contribution is 0.321. The van der Waals surface area contributed by atoms with Gasteiger partial charge in [-0.05, 0) is 60.4 Å². The van der Waals surface area contributed by atoms with Crippen molar-refractivity contribution < 1.29 is 0 Å². The molecule has 1 aliphatic carbocycles. The fourth-order valence-corrected chi connectivity index (χ4v) is 3.80. The molecule has 2 aromatic carbocycles. The van der Waals surface area contributed by atoms with Crippen LogP contribution in [-0.2, 0) is 19.3 Å². The van der Waals surface area contributed by atoms with E-state index in [0.29, 0.717) is 12.0 Å². The van der Waals surface area contributed by atoms with Gasteiger partial charge in [-0.3, -0.25) is 11.3 Å². The van der Waals surface area contributed by atoms with E-state index in [9.17, 15) is 0 Å². The first-order valence-electron chi connectivity index (χ1n) is 7.53. The second-order valence-electron chi connectivity index (χ2n) is 5.88. The minimum Gasteiger partial charge on any atom is -0.271 e. The molecule has 3 N–H and O–H groups in total. The van der Waals surface area contributed by atoms with Gasteiger partial charge in [0.1, 0.15) is 0 Å². The lowest BCUT2D eigenvalue weighted by Crippen LogP contribution is -2.44. The van der Waals surface area contributed by atoms with Crippen LogP contribution in [0.4, 0.5) is 0 Å². The number of halogens is 1. The second kappa shape index (κ2) is 6.73. The molecule has 21 heavy (non-hydrogen) atoms. The zero-order chi connectivity index (χ0) is 14.7. The Bertz CT molecular complexity index is 612. The van der Waals surface area contributed by atoms with E-state index in [0.717, 1.165) is 23.7 Å². The maximum Gasteiger partial charge on any atom is 0.0282 e. The Morgan fingerprint density at radius 1 is 1.14 bits per heavy atom. The molecule has 0 radical (unpaired) electrons. The molecule has 2 aromatic rings. The van der Waals surface area contributed by atoms with Crippen molar-refractivity contribution in [2.24, 2.45) is 11.8 Å². The van der Waals surface area contributed by atoms with E-state index in [1.807, 2.05) is 0 Å². The lowest BCUT2D eigenvalue weighted by atomic mass is 9.78. The Balaban J connectivity index is 1.73. The van der Waals surface area contributed by atoms with E-state index in [2.05, 4.69) is 69.9 Å². The highest BCUT2D eigenvalue weighted by Gasteiger charge is 2.25. The van der Waals surface area contributed by atoms with Crippen LogP contribution in [0.1, 0.15) is 23.1 Å². The third-order valence-electron chi connectivity index (χ3n) is 4.51. The van der Waals surface area contributed by atoms with Gasteiger partial charge in [-0.25, -0.2) is 0 Å². The van der Waals surface area contributed by atoms with Crippen molar-refractivity contribution in [3.8, 4) is 0 Å². The van der Waals surface area contributed by atoms with Crippen LogP contribution in [0.3, 0.4) is 0 Å². The molecule has 0 aliphatic heterocycles. The van der Waals surface area contributed by atoms with Crippen LogP contribution in [-0.4, -0.2) is 6.04 Å². The maximum absolute atomic E-state index is 5.85. The first-order chi connectivity index (χ1) is 10.3. The Kier molecular flexibility index (Phi) is 4.73. The predicted molar refractivity (Wildman–Crippen MR) is 90.9 cm³/mol. The van der Waals surface area contributed by atoms with Gasteiger partial charge in [-0.1, -0.05) is 52.3 Å². The first kappa shape index (κ1) is 14.8. The van der Waals surface area contributed by atoms with E-state index in [1.165, 1.54) is 23.1 Å². The average molecular weight is 345 g/mol. The molecule has 3 heteroatoms. The third-order valence-corrected chi connectivity index (χ3v) is 5.01. The standard InChI is InChI=1S/C18H21BrN2/c19-17-7-3-4-13(10-17)11-18(21-20)16-9-8-14-5-1-2-6-15(14)12-16/h1-7,10,16,18,21H,8-9,11-12,20H2. The Morgan fingerprint density at radius 3 is 2.71 bits per heavy atom. The number of rotatable bonds is 4. The molecular formula is C18H21BrN2. The van der Waals surface area contributed by atoms with Gasteiger partial charge in [-0.15, -0.1) is 0 Å². The molecule has 2 unspecified atom stereocenters. The summed E-state index contributed by atoms with van der Waals surface area (Å²) in [5, 5.41) is 0. The van der Waals surface area contributed by atoms with E-state index in [-0.39, 0.29) is 0 Å². The van der Waals surface area contributed by atoms with Crippen LogP contribution in [0.2, 0.25) is 0 Å². The van der Waals surface area contributed by atoms with Gasteiger partial charge >= 0.3 is 0 Å². The van der Waals surface area contributed by atoms with Crippen LogP contribution in [0.5, 0.6) is 0 Å². The summed E-state index contributed by atoms with van der Waals surface area (Å²) in [6, 6.07) is 17.6. The van der Waals surface area contributed by atoms with Crippen molar-refractivity contribution in [3.05, 3.63) is 69.7 Å². The molecule has 0 aromatic heterocycles. The zero-order valence-electron chi connectivity index (χ0n) is 12.1. The van der Waals surface area contributed by atoms with Crippen molar-refractivity contribution in [1.29, 1.82) is 0 Å². The van der Waals surface area contributed by atoms with Crippen molar-refractivity contribution in [2.75, 3.05) is 0 Å². The molecule has 110 valence electrons. The number of hydrazine groups is 1. The minimum absolute atomic E-state index is 0.327. The molecule has 1 aliphatic rings. The first-order valence-corrected chi connectivity index (χ1v) is 8.33. The van der Waals surface area contributed by atoms with Crippen LogP contribution in [0, 0.1) is 5.92 Å². The van der Waals surface area contributed by atoms with Crippen LogP contribution in [0.15, 0.2) is 53.0 Å². The van der Waals surface area contributed by atoms with Crippen LogP contribution < -0.4 is 11.3 Å². The number of hydrogen-bond acceptors (Lipinski definition) is 2. The van der Waals surface area contributed by atoms with E-state index in [4.69, 9.17) is 5.84 Å². The fraction of sp³-hybridized carbons (Fsp3) is 0.333. The highest BCUT2D eigenvalue weighted by Crippen LogP contribution is 2.28.